The molecule has 0 saturated carbocycles. The summed E-state index contributed by atoms with van der Waals surface area (Å²) in [6.07, 6.45) is 3.70. The van der Waals surface area contributed by atoms with E-state index >= 15 is 0 Å². The van der Waals surface area contributed by atoms with Crippen molar-refractivity contribution in [1.29, 1.82) is 0 Å². The SMILES string of the molecule is CCNCc1cncc(N2CCN(C)CC2)n1. The molecular weight excluding hydrogens is 214 g/mol. The average molecular weight is 235 g/mol. The van der Waals surface area contributed by atoms with Crippen LogP contribution in [0.4, 0.5) is 5.82 Å². The molecule has 0 radical (unpaired) electrons. The lowest BCUT2D eigenvalue weighted by molar-refractivity contribution is 0.312. The molecule has 17 heavy (non-hydrogen) atoms. The van der Waals surface area contributed by atoms with Crippen molar-refractivity contribution in [2.75, 3.05) is 44.7 Å². The normalized spacial score (nSPS) is 17.4. The van der Waals surface area contributed by atoms with E-state index in [1.54, 1.807) is 0 Å². The Morgan fingerprint density at radius 2 is 2.00 bits per heavy atom. The van der Waals surface area contributed by atoms with Crippen molar-refractivity contribution in [3.05, 3.63) is 18.1 Å². The zero-order valence-electron chi connectivity index (χ0n) is 10.7. The molecule has 1 fully saturated rings. The largest absolute Gasteiger partial charge is 0.353 e. The number of nitrogens with zero attached hydrogens (tertiary/aromatic N) is 4. The quantitative estimate of drug-likeness (QED) is 0.815. The van der Waals surface area contributed by atoms with Gasteiger partial charge in [-0.3, -0.25) is 4.98 Å². The Balaban J connectivity index is 2.00. The third-order valence-electron chi connectivity index (χ3n) is 3.06. The molecule has 0 bridgehead atoms. The molecule has 1 aliphatic heterocycles. The number of nitrogens with one attached hydrogen (secondary N) is 1. The van der Waals surface area contributed by atoms with E-state index in [9.17, 15) is 0 Å². The molecule has 1 N–H and O–H groups in total. The first-order valence-corrected chi connectivity index (χ1v) is 6.24. The Labute approximate surface area is 103 Å². The minimum absolute atomic E-state index is 0.797. The summed E-state index contributed by atoms with van der Waals surface area (Å²) in [4.78, 5) is 13.6. The van der Waals surface area contributed by atoms with Crippen LogP contribution in [0.5, 0.6) is 0 Å². The summed E-state index contributed by atoms with van der Waals surface area (Å²) in [6, 6.07) is 0. The third-order valence-corrected chi connectivity index (χ3v) is 3.06. The zero-order valence-corrected chi connectivity index (χ0v) is 10.7. The van der Waals surface area contributed by atoms with Crippen molar-refractivity contribution >= 4 is 5.82 Å². The highest BCUT2D eigenvalue weighted by molar-refractivity contribution is 5.37. The third kappa shape index (κ3) is 3.38. The van der Waals surface area contributed by atoms with Gasteiger partial charge in [-0.1, -0.05) is 6.92 Å². The molecule has 5 heteroatoms. The maximum Gasteiger partial charge on any atom is 0.147 e. The van der Waals surface area contributed by atoms with E-state index in [-0.39, 0.29) is 0 Å². The van der Waals surface area contributed by atoms with Crippen LogP contribution in [0.25, 0.3) is 0 Å². The van der Waals surface area contributed by atoms with E-state index in [0.29, 0.717) is 0 Å². The molecule has 0 aromatic carbocycles. The maximum atomic E-state index is 4.64. The highest BCUT2D eigenvalue weighted by atomic mass is 15.3. The van der Waals surface area contributed by atoms with Crippen LogP contribution in [0.3, 0.4) is 0 Å². The van der Waals surface area contributed by atoms with Crippen LogP contribution in [0.2, 0.25) is 0 Å². The molecule has 1 aromatic heterocycles. The molecule has 5 nitrogen and oxygen atoms in total. The van der Waals surface area contributed by atoms with Crippen LogP contribution in [-0.4, -0.2) is 54.6 Å². The van der Waals surface area contributed by atoms with Crippen LogP contribution in [0.1, 0.15) is 12.6 Å². The van der Waals surface area contributed by atoms with Gasteiger partial charge in [0, 0.05) is 38.9 Å². The van der Waals surface area contributed by atoms with E-state index in [1.165, 1.54) is 0 Å². The number of rotatable bonds is 4. The van der Waals surface area contributed by atoms with Gasteiger partial charge in [-0.2, -0.15) is 0 Å². The van der Waals surface area contributed by atoms with Crippen LogP contribution in [-0.2, 0) is 6.54 Å². The number of hydrogen-bond acceptors (Lipinski definition) is 5. The zero-order chi connectivity index (χ0) is 12.1. The van der Waals surface area contributed by atoms with Crippen LogP contribution >= 0.6 is 0 Å². The molecule has 1 aliphatic rings. The van der Waals surface area contributed by atoms with Crippen molar-refractivity contribution in [2.24, 2.45) is 0 Å². The lowest BCUT2D eigenvalue weighted by atomic mass is 10.3. The molecule has 2 heterocycles. The molecule has 2 rings (SSSR count). The van der Waals surface area contributed by atoms with Crippen LogP contribution < -0.4 is 10.2 Å². The maximum absolute atomic E-state index is 4.64. The van der Waals surface area contributed by atoms with Crippen molar-refractivity contribution in [1.82, 2.24) is 20.2 Å². The summed E-state index contributed by atoms with van der Waals surface area (Å²) < 4.78 is 0. The minimum Gasteiger partial charge on any atom is -0.353 e. The average Bonchev–Trinajstić information content (AvgIpc) is 2.37. The molecule has 0 spiro atoms. The summed E-state index contributed by atoms with van der Waals surface area (Å²) in [6.45, 7) is 8.12. The van der Waals surface area contributed by atoms with Gasteiger partial charge in [-0.05, 0) is 13.6 Å². The van der Waals surface area contributed by atoms with Crippen molar-refractivity contribution in [3.8, 4) is 0 Å². The Bertz CT molecular complexity index is 347. The first-order valence-electron chi connectivity index (χ1n) is 6.24. The topological polar surface area (TPSA) is 44.3 Å². The standard InChI is InChI=1S/C12H21N5/c1-3-13-8-11-9-14-10-12(15-11)17-6-4-16(2)5-7-17/h9-10,13H,3-8H2,1-2H3. The number of aromatic nitrogens is 2. The van der Waals surface area contributed by atoms with E-state index in [1.807, 2.05) is 12.4 Å². The van der Waals surface area contributed by atoms with Crippen LogP contribution in [0, 0.1) is 0 Å². The molecular formula is C12H21N5. The van der Waals surface area contributed by atoms with Gasteiger partial charge in [-0.25, -0.2) is 4.98 Å². The second-order valence-corrected chi connectivity index (χ2v) is 4.44. The summed E-state index contributed by atoms with van der Waals surface area (Å²) in [5.41, 5.74) is 1.02. The van der Waals surface area contributed by atoms with Crippen molar-refractivity contribution in [2.45, 2.75) is 13.5 Å². The number of likely N-dealkylation sites (N-methyl/N-ethyl adjacent to an activating group) is 1. The van der Waals surface area contributed by atoms with Crippen LogP contribution in [0.15, 0.2) is 12.4 Å². The molecule has 0 atom stereocenters. The fourth-order valence-electron chi connectivity index (χ4n) is 1.92. The lowest BCUT2D eigenvalue weighted by Gasteiger charge is -2.33. The predicted octanol–water partition coefficient (Wildman–Crippen LogP) is 0.338. The fourth-order valence-corrected chi connectivity index (χ4v) is 1.92. The summed E-state index contributed by atoms with van der Waals surface area (Å²) in [7, 11) is 2.16. The molecule has 0 aliphatic carbocycles. The minimum atomic E-state index is 0.797. The van der Waals surface area contributed by atoms with Crippen molar-refractivity contribution < 1.29 is 0 Å². The molecule has 0 amide bonds. The monoisotopic (exact) mass is 235 g/mol. The number of piperazine rings is 1. The Hall–Kier alpha value is -1.20. The first kappa shape index (κ1) is 12.3. The highest BCUT2D eigenvalue weighted by Crippen LogP contribution is 2.12. The van der Waals surface area contributed by atoms with Gasteiger partial charge in [0.05, 0.1) is 11.9 Å². The van der Waals surface area contributed by atoms with Gasteiger partial charge in [0.2, 0.25) is 0 Å². The smallest absolute Gasteiger partial charge is 0.147 e. The van der Waals surface area contributed by atoms with Gasteiger partial charge in [0.1, 0.15) is 5.82 Å². The van der Waals surface area contributed by atoms with Crippen molar-refractivity contribution in [3.63, 3.8) is 0 Å². The van der Waals surface area contributed by atoms with E-state index in [0.717, 1.165) is 50.8 Å². The predicted molar refractivity (Wildman–Crippen MR) is 69.1 cm³/mol. The van der Waals surface area contributed by atoms with E-state index < -0.39 is 0 Å². The van der Waals surface area contributed by atoms with Gasteiger partial charge < -0.3 is 15.1 Å². The lowest BCUT2D eigenvalue weighted by Crippen LogP contribution is -2.44. The summed E-state index contributed by atoms with van der Waals surface area (Å²) in [5, 5.41) is 3.27. The van der Waals surface area contributed by atoms with Gasteiger partial charge >= 0.3 is 0 Å². The Morgan fingerprint density at radius 1 is 1.24 bits per heavy atom. The fraction of sp³-hybridized carbons (Fsp3) is 0.667. The molecule has 1 saturated heterocycles. The number of anilines is 1. The Morgan fingerprint density at radius 3 is 2.71 bits per heavy atom. The molecule has 1 aromatic rings. The highest BCUT2D eigenvalue weighted by Gasteiger charge is 2.15. The second kappa shape index (κ2) is 5.93. The Kier molecular flexibility index (Phi) is 4.28. The first-order chi connectivity index (χ1) is 8.29. The second-order valence-electron chi connectivity index (χ2n) is 4.44. The summed E-state index contributed by atoms with van der Waals surface area (Å²) in [5.74, 6) is 1.01. The van der Waals surface area contributed by atoms with E-state index in [2.05, 4.69) is 39.1 Å². The van der Waals surface area contributed by atoms with Gasteiger partial charge in [-0.15, -0.1) is 0 Å². The van der Waals surface area contributed by atoms with Gasteiger partial charge in [0.15, 0.2) is 0 Å². The summed E-state index contributed by atoms with van der Waals surface area (Å²) >= 11 is 0. The van der Waals surface area contributed by atoms with E-state index in [4.69, 9.17) is 0 Å². The molecule has 94 valence electrons. The van der Waals surface area contributed by atoms with Gasteiger partial charge in [0.25, 0.3) is 0 Å². The molecule has 0 unspecified atom stereocenters. The number of hydrogen-bond donors (Lipinski definition) is 1.